The zero-order chi connectivity index (χ0) is 23.7. The van der Waals surface area contributed by atoms with Crippen LogP contribution in [-0.2, 0) is 13.6 Å². The number of aromatic nitrogens is 2. The van der Waals surface area contributed by atoms with Crippen LogP contribution in [0, 0.1) is 10.1 Å². The van der Waals surface area contributed by atoms with Crippen molar-refractivity contribution in [2.24, 2.45) is 7.05 Å². The molecule has 7 nitrogen and oxygen atoms in total. The van der Waals surface area contributed by atoms with E-state index >= 15 is 0 Å². The molecule has 5 aromatic rings. The van der Waals surface area contributed by atoms with Crippen LogP contribution in [0.1, 0.15) is 5.56 Å². The van der Waals surface area contributed by atoms with Crippen molar-refractivity contribution in [2.75, 3.05) is 0 Å². The molecule has 34 heavy (non-hydrogen) atoms. The van der Waals surface area contributed by atoms with Gasteiger partial charge in [0.05, 0.1) is 4.92 Å². The Morgan fingerprint density at radius 3 is 2.32 bits per heavy atom. The number of hydrogen-bond acceptors (Lipinski definition) is 4. The van der Waals surface area contributed by atoms with E-state index in [4.69, 9.17) is 4.74 Å². The lowest BCUT2D eigenvalue weighted by Crippen LogP contribution is -2.19. The summed E-state index contributed by atoms with van der Waals surface area (Å²) < 4.78 is 9.52. The van der Waals surface area contributed by atoms with E-state index in [-0.39, 0.29) is 11.2 Å². The quantitative estimate of drug-likeness (QED) is 0.243. The molecule has 0 amide bonds. The standard InChI is InChI=1S/C27H21N3O4/c1-28-18-24(22-14-15-29(26(22)27(28)31)17-19-8-4-2-5-9-19)23-16-20(30(32)33)12-13-25(23)34-21-10-6-3-7-11-21/h2-16,18H,17H2,1H3. The van der Waals surface area contributed by atoms with Gasteiger partial charge in [0.1, 0.15) is 17.0 Å². The minimum atomic E-state index is -0.435. The number of nitro benzene ring substituents is 1. The summed E-state index contributed by atoms with van der Waals surface area (Å²) in [5, 5.41) is 12.3. The van der Waals surface area contributed by atoms with E-state index in [0.717, 1.165) is 5.56 Å². The first-order chi connectivity index (χ1) is 16.5. The molecule has 168 valence electrons. The van der Waals surface area contributed by atoms with Crippen LogP contribution in [-0.4, -0.2) is 14.1 Å². The fourth-order valence-electron chi connectivity index (χ4n) is 4.09. The topological polar surface area (TPSA) is 79.3 Å². The van der Waals surface area contributed by atoms with E-state index in [1.54, 1.807) is 19.3 Å². The highest BCUT2D eigenvalue weighted by Gasteiger charge is 2.20. The lowest BCUT2D eigenvalue weighted by atomic mass is 10.0. The van der Waals surface area contributed by atoms with Gasteiger partial charge in [0, 0.05) is 54.6 Å². The lowest BCUT2D eigenvalue weighted by molar-refractivity contribution is -0.384. The molecule has 0 N–H and O–H groups in total. The number of para-hydroxylation sites is 1. The van der Waals surface area contributed by atoms with Crippen LogP contribution in [0.3, 0.4) is 0 Å². The Bertz CT molecular complexity index is 1550. The van der Waals surface area contributed by atoms with E-state index in [1.165, 1.54) is 16.7 Å². The molecule has 0 aliphatic carbocycles. The highest BCUT2D eigenvalue weighted by Crippen LogP contribution is 2.39. The largest absolute Gasteiger partial charge is 0.457 e. The number of hydrogen-bond donors (Lipinski definition) is 0. The van der Waals surface area contributed by atoms with Crippen LogP contribution in [0.15, 0.2) is 102 Å². The molecule has 0 bridgehead atoms. The number of non-ortho nitro benzene ring substituents is 1. The molecule has 0 aliphatic heterocycles. The van der Waals surface area contributed by atoms with E-state index in [1.807, 2.05) is 77.5 Å². The average Bonchev–Trinajstić information content (AvgIpc) is 3.27. The van der Waals surface area contributed by atoms with Crippen LogP contribution in [0.25, 0.3) is 22.0 Å². The molecular formula is C27H21N3O4. The van der Waals surface area contributed by atoms with Crippen molar-refractivity contribution >= 4 is 16.6 Å². The number of aryl methyl sites for hydroxylation is 1. The van der Waals surface area contributed by atoms with E-state index < -0.39 is 4.92 Å². The Hall–Kier alpha value is -4.65. The van der Waals surface area contributed by atoms with Crippen molar-refractivity contribution in [3.8, 4) is 22.6 Å². The summed E-state index contributed by atoms with van der Waals surface area (Å²) in [6.45, 7) is 0.533. The molecule has 0 fully saturated rings. The van der Waals surface area contributed by atoms with E-state index in [2.05, 4.69) is 0 Å². The molecule has 2 aromatic heterocycles. The summed E-state index contributed by atoms with van der Waals surface area (Å²) in [6.07, 6.45) is 3.58. The highest BCUT2D eigenvalue weighted by molar-refractivity contribution is 5.96. The molecule has 0 radical (unpaired) electrons. The number of benzene rings is 3. The first-order valence-electron chi connectivity index (χ1n) is 10.8. The minimum absolute atomic E-state index is 0.0545. The Morgan fingerprint density at radius 2 is 1.62 bits per heavy atom. The van der Waals surface area contributed by atoms with Gasteiger partial charge in [-0.1, -0.05) is 48.5 Å². The number of nitro groups is 1. The molecule has 0 saturated carbocycles. The third-order valence-corrected chi connectivity index (χ3v) is 5.73. The van der Waals surface area contributed by atoms with Gasteiger partial charge in [-0.05, 0) is 29.8 Å². The maximum absolute atomic E-state index is 13.1. The van der Waals surface area contributed by atoms with Crippen molar-refractivity contribution in [3.63, 3.8) is 0 Å². The molecular weight excluding hydrogens is 430 g/mol. The van der Waals surface area contributed by atoms with Gasteiger partial charge < -0.3 is 13.9 Å². The highest BCUT2D eigenvalue weighted by atomic mass is 16.6. The molecule has 0 unspecified atom stereocenters. The van der Waals surface area contributed by atoms with Crippen LogP contribution in [0.5, 0.6) is 11.5 Å². The van der Waals surface area contributed by atoms with Gasteiger partial charge >= 0.3 is 0 Å². The summed E-state index contributed by atoms with van der Waals surface area (Å²) in [7, 11) is 1.68. The third-order valence-electron chi connectivity index (χ3n) is 5.73. The van der Waals surface area contributed by atoms with Gasteiger partial charge in [0.25, 0.3) is 11.2 Å². The molecule has 5 rings (SSSR count). The van der Waals surface area contributed by atoms with Crippen LogP contribution in [0.2, 0.25) is 0 Å². The summed E-state index contributed by atoms with van der Waals surface area (Å²) in [6, 6.07) is 25.5. The van der Waals surface area contributed by atoms with Crippen molar-refractivity contribution in [2.45, 2.75) is 6.54 Å². The molecule has 0 saturated heterocycles. The SMILES string of the molecule is Cn1cc(-c2cc([N+](=O)[O-])ccc2Oc2ccccc2)c2ccn(Cc3ccccc3)c2c1=O. The van der Waals surface area contributed by atoms with E-state index in [9.17, 15) is 14.9 Å². The first kappa shape index (κ1) is 21.2. The molecule has 0 spiro atoms. The average molecular weight is 451 g/mol. The number of pyridine rings is 1. The van der Waals surface area contributed by atoms with Crippen LogP contribution >= 0.6 is 0 Å². The maximum Gasteiger partial charge on any atom is 0.274 e. The van der Waals surface area contributed by atoms with Crippen LogP contribution in [0.4, 0.5) is 5.69 Å². The Kier molecular flexibility index (Phi) is 5.43. The number of fused-ring (bicyclic) bond motifs is 1. The number of nitrogens with zero attached hydrogens (tertiary/aromatic N) is 3. The fourth-order valence-corrected chi connectivity index (χ4v) is 4.09. The normalized spacial score (nSPS) is 11.0. The van der Waals surface area contributed by atoms with Crippen molar-refractivity contribution < 1.29 is 9.66 Å². The van der Waals surface area contributed by atoms with Crippen molar-refractivity contribution in [1.82, 2.24) is 9.13 Å². The number of rotatable bonds is 6. The summed E-state index contributed by atoms with van der Waals surface area (Å²) in [5.74, 6) is 1.08. The zero-order valence-corrected chi connectivity index (χ0v) is 18.4. The number of ether oxygens (including phenoxy) is 1. The van der Waals surface area contributed by atoms with E-state index in [0.29, 0.717) is 40.1 Å². The first-order valence-corrected chi connectivity index (χ1v) is 10.8. The summed E-state index contributed by atoms with van der Waals surface area (Å²) in [4.78, 5) is 24.3. The summed E-state index contributed by atoms with van der Waals surface area (Å²) >= 11 is 0. The molecule has 0 aliphatic rings. The van der Waals surface area contributed by atoms with Gasteiger partial charge in [-0.2, -0.15) is 0 Å². The predicted molar refractivity (Wildman–Crippen MR) is 131 cm³/mol. The third kappa shape index (κ3) is 3.95. The smallest absolute Gasteiger partial charge is 0.274 e. The lowest BCUT2D eigenvalue weighted by Gasteiger charge is -2.14. The predicted octanol–water partition coefficient (Wildman–Crippen LogP) is 5.76. The molecule has 3 aromatic carbocycles. The minimum Gasteiger partial charge on any atom is -0.457 e. The molecule has 7 heteroatoms. The van der Waals surface area contributed by atoms with Gasteiger partial charge in [0.15, 0.2) is 0 Å². The zero-order valence-electron chi connectivity index (χ0n) is 18.4. The fraction of sp³-hybridized carbons (Fsp3) is 0.0741. The van der Waals surface area contributed by atoms with Gasteiger partial charge in [-0.25, -0.2) is 0 Å². The summed E-state index contributed by atoms with van der Waals surface area (Å²) in [5.41, 5.74) is 2.61. The van der Waals surface area contributed by atoms with Gasteiger partial charge in [-0.3, -0.25) is 14.9 Å². The Morgan fingerprint density at radius 1 is 0.912 bits per heavy atom. The maximum atomic E-state index is 13.1. The van der Waals surface area contributed by atoms with Crippen molar-refractivity contribution in [3.05, 3.63) is 123 Å². The Labute approximate surface area is 195 Å². The molecule has 2 heterocycles. The second-order valence-corrected chi connectivity index (χ2v) is 8.00. The molecule has 0 atom stereocenters. The van der Waals surface area contributed by atoms with Crippen molar-refractivity contribution in [1.29, 1.82) is 0 Å². The second kappa shape index (κ2) is 8.71. The van der Waals surface area contributed by atoms with Gasteiger partial charge in [0.2, 0.25) is 0 Å². The monoisotopic (exact) mass is 451 g/mol. The Balaban J connectivity index is 1.71. The second-order valence-electron chi connectivity index (χ2n) is 8.00. The van der Waals surface area contributed by atoms with Crippen LogP contribution < -0.4 is 10.3 Å². The van der Waals surface area contributed by atoms with Gasteiger partial charge in [-0.15, -0.1) is 0 Å².